The fourth-order valence-electron chi connectivity index (χ4n) is 2.24. The number of hydrogen-bond donors (Lipinski definition) is 2. The normalized spacial score (nSPS) is 11.8. The molecule has 1 heterocycles. The third-order valence-corrected chi connectivity index (χ3v) is 4.13. The predicted molar refractivity (Wildman–Crippen MR) is 96.8 cm³/mol. The molecule has 7 heteroatoms. The van der Waals surface area contributed by atoms with E-state index in [4.69, 9.17) is 4.74 Å². The van der Waals surface area contributed by atoms with Crippen LogP contribution in [0.2, 0.25) is 0 Å². The van der Waals surface area contributed by atoms with Crippen LogP contribution in [-0.4, -0.2) is 22.2 Å². The van der Waals surface area contributed by atoms with E-state index in [0.717, 1.165) is 11.3 Å². The summed E-state index contributed by atoms with van der Waals surface area (Å²) in [5.74, 6) is -0.291. The maximum atomic E-state index is 13.1. The Hall–Kier alpha value is -2.67. The second-order valence-corrected chi connectivity index (χ2v) is 6.23. The monoisotopic (exact) mass is 403 g/mol. The number of carbonyl (C=O) groups excluding carboxylic acids is 1. The molecule has 1 unspecified atom stereocenters. The van der Waals surface area contributed by atoms with Crippen molar-refractivity contribution in [2.24, 2.45) is 0 Å². The molecule has 128 valence electrons. The van der Waals surface area contributed by atoms with E-state index in [-0.39, 0.29) is 11.7 Å². The maximum absolute atomic E-state index is 13.1. The number of aromatic amines is 1. The molecule has 25 heavy (non-hydrogen) atoms. The van der Waals surface area contributed by atoms with E-state index in [9.17, 15) is 9.18 Å². The van der Waals surface area contributed by atoms with Crippen molar-refractivity contribution < 1.29 is 13.9 Å². The second kappa shape index (κ2) is 7.48. The van der Waals surface area contributed by atoms with Gasteiger partial charge in [-0.1, -0.05) is 12.1 Å². The van der Waals surface area contributed by atoms with E-state index < -0.39 is 6.10 Å². The highest BCUT2D eigenvalue weighted by molar-refractivity contribution is 9.10. The standard InChI is InChI=1S/C18H15BrFN3O2/c1-11(25-17-6-5-13(20)10-15(17)19)18(24)22-14-4-2-3-12(9-14)16-7-8-21-23-16/h2-11H,1H3,(H,21,23)(H,22,24). The van der Waals surface area contributed by atoms with E-state index >= 15 is 0 Å². The van der Waals surface area contributed by atoms with Crippen molar-refractivity contribution in [2.75, 3.05) is 5.32 Å². The van der Waals surface area contributed by atoms with Crippen molar-refractivity contribution in [3.8, 4) is 17.0 Å². The van der Waals surface area contributed by atoms with Crippen LogP contribution in [-0.2, 0) is 4.79 Å². The van der Waals surface area contributed by atoms with Crippen LogP contribution >= 0.6 is 15.9 Å². The number of halogens is 2. The Morgan fingerprint density at radius 1 is 1.28 bits per heavy atom. The van der Waals surface area contributed by atoms with Gasteiger partial charge in [0.15, 0.2) is 6.10 Å². The van der Waals surface area contributed by atoms with Gasteiger partial charge in [0.1, 0.15) is 11.6 Å². The summed E-state index contributed by atoms with van der Waals surface area (Å²) < 4.78 is 19.2. The minimum Gasteiger partial charge on any atom is -0.480 e. The van der Waals surface area contributed by atoms with Gasteiger partial charge in [0.05, 0.1) is 10.2 Å². The van der Waals surface area contributed by atoms with Crippen LogP contribution in [0, 0.1) is 5.82 Å². The molecule has 1 aromatic heterocycles. The second-order valence-electron chi connectivity index (χ2n) is 5.38. The highest BCUT2D eigenvalue weighted by atomic mass is 79.9. The van der Waals surface area contributed by atoms with Crippen LogP contribution in [0.15, 0.2) is 59.2 Å². The number of carbonyl (C=O) groups is 1. The Morgan fingerprint density at radius 2 is 2.12 bits per heavy atom. The van der Waals surface area contributed by atoms with E-state index in [2.05, 4.69) is 31.4 Å². The van der Waals surface area contributed by atoms with Crippen molar-refractivity contribution in [3.63, 3.8) is 0 Å². The quantitative estimate of drug-likeness (QED) is 0.663. The molecule has 3 aromatic rings. The molecule has 1 atom stereocenters. The lowest BCUT2D eigenvalue weighted by molar-refractivity contribution is -0.122. The van der Waals surface area contributed by atoms with Gasteiger partial charge in [-0.25, -0.2) is 4.39 Å². The minimum absolute atomic E-state index is 0.307. The van der Waals surface area contributed by atoms with Crippen LogP contribution in [0.25, 0.3) is 11.3 Å². The Bertz CT molecular complexity index is 884. The average Bonchev–Trinajstić information content (AvgIpc) is 3.12. The first-order valence-corrected chi connectivity index (χ1v) is 8.34. The van der Waals surface area contributed by atoms with E-state index in [1.54, 1.807) is 19.2 Å². The van der Waals surface area contributed by atoms with Crippen molar-refractivity contribution in [2.45, 2.75) is 13.0 Å². The summed E-state index contributed by atoms with van der Waals surface area (Å²) in [7, 11) is 0. The SMILES string of the molecule is CC(Oc1ccc(F)cc1Br)C(=O)Nc1cccc(-c2ccn[nH]2)c1. The van der Waals surface area contributed by atoms with Crippen molar-refractivity contribution in [3.05, 3.63) is 65.0 Å². The van der Waals surface area contributed by atoms with Gasteiger partial charge in [-0.2, -0.15) is 5.10 Å². The van der Waals surface area contributed by atoms with Crippen LogP contribution in [0.3, 0.4) is 0 Å². The topological polar surface area (TPSA) is 67.0 Å². The number of ether oxygens (including phenoxy) is 1. The number of anilines is 1. The lowest BCUT2D eigenvalue weighted by Crippen LogP contribution is -2.30. The summed E-state index contributed by atoms with van der Waals surface area (Å²) in [5.41, 5.74) is 2.41. The van der Waals surface area contributed by atoms with E-state index in [1.165, 1.54) is 18.2 Å². The lowest BCUT2D eigenvalue weighted by Gasteiger charge is -2.16. The van der Waals surface area contributed by atoms with Gasteiger partial charge in [-0.3, -0.25) is 9.89 Å². The largest absolute Gasteiger partial charge is 0.480 e. The molecule has 2 aromatic carbocycles. The zero-order valence-electron chi connectivity index (χ0n) is 13.3. The van der Waals surface area contributed by atoms with Gasteiger partial charge in [-0.05, 0) is 59.3 Å². The number of aromatic nitrogens is 2. The molecule has 0 radical (unpaired) electrons. The third kappa shape index (κ3) is 4.24. The van der Waals surface area contributed by atoms with Gasteiger partial charge < -0.3 is 10.1 Å². The van der Waals surface area contributed by atoms with Gasteiger partial charge in [0, 0.05) is 17.4 Å². The number of H-pyrrole nitrogens is 1. The number of hydrogen-bond acceptors (Lipinski definition) is 3. The summed E-state index contributed by atoms with van der Waals surface area (Å²) >= 11 is 3.22. The van der Waals surface area contributed by atoms with Crippen LogP contribution < -0.4 is 10.1 Å². The molecule has 3 rings (SSSR count). The number of rotatable bonds is 5. The Kier molecular flexibility index (Phi) is 5.14. The zero-order valence-corrected chi connectivity index (χ0v) is 14.9. The molecule has 5 nitrogen and oxygen atoms in total. The van der Waals surface area contributed by atoms with Gasteiger partial charge >= 0.3 is 0 Å². The minimum atomic E-state index is -0.752. The van der Waals surface area contributed by atoms with Crippen molar-refractivity contribution in [1.29, 1.82) is 0 Å². The van der Waals surface area contributed by atoms with Crippen LogP contribution in [0.4, 0.5) is 10.1 Å². The first-order valence-electron chi connectivity index (χ1n) is 7.55. The Balaban J connectivity index is 1.68. The number of nitrogens with one attached hydrogen (secondary N) is 2. The fraction of sp³-hybridized carbons (Fsp3) is 0.111. The number of amides is 1. The van der Waals surface area contributed by atoms with Crippen LogP contribution in [0.5, 0.6) is 5.75 Å². The molecule has 0 aliphatic carbocycles. The highest BCUT2D eigenvalue weighted by Gasteiger charge is 2.16. The number of benzene rings is 2. The molecule has 0 saturated heterocycles. The van der Waals surface area contributed by atoms with Gasteiger partial charge in [0.25, 0.3) is 5.91 Å². The molecule has 0 fully saturated rings. The first-order chi connectivity index (χ1) is 12.0. The summed E-state index contributed by atoms with van der Waals surface area (Å²) in [4.78, 5) is 12.3. The lowest BCUT2D eigenvalue weighted by atomic mass is 10.1. The molecule has 2 N–H and O–H groups in total. The van der Waals surface area contributed by atoms with E-state index in [0.29, 0.717) is 15.9 Å². The molecule has 1 amide bonds. The molecular formula is C18H15BrFN3O2. The van der Waals surface area contributed by atoms with E-state index in [1.807, 2.05) is 24.3 Å². The van der Waals surface area contributed by atoms with Crippen molar-refractivity contribution >= 4 is 27.5 Å². The van der Waals surface area contributed by atoms with Gasteiger partial charge in [0.2, 0.25) is 0 Å². The number of nitrogens with zero attached hydrogens (tertiary/aromatic N) is 1. The zero-order chi connectivity index (χ0) is 17.8. The highest BCUT2D eigenvalue weighted by Crippen LogP contribution is 2.27. The first kappa shape index (κ1) is 17.2. The fourth-order valence-corrected chi connectivity index (χ4v) is 2.68. The predicted octanol–water partition coefficient (Wildman–Crippen LogP) is 4.38. The molecule has 0 spiro atoms. The smallest absolute Gasteiger partial charge is 0.265 e. The summed E-state index contributed by atoms with van der Waals surface area (Å²) in [6.07, 6.45) is 0.911. The van der Waals surface area contributed by atoms with Crippen molar-refractivity contribution in [1.82, 2.24) is 10.2 Å². The Morgan fingerprint density at radius 3 is 2.84 bits per heavy atom. The summed E-state index contributed by atoms with van der Waals surface area (Å²) in [6.45, 7) is 1.63. The third-order valence-electron chi connectivity index (χ3n) is 3.51. The Labute approximate surface area is 152 Å². The molecular weight excluding hydrogens is 389 g/mol. The molecule has 0 saturated carbocycles. The summed E-state index contributed by atoms with van der Waals surface area (Å²) in [6, 6.07) is 13.3. The van der Waals surface area contributed by atoms with Crippen LogP contribution in [0.1, 0.15) is 6.92 Å². The molecule has 0 bridgehead atoms. The molecule has 0 aliphatic rings. The molecule has 0 aliphatic heterocycles. The van der Waals surface area contributed by atoms with Gasteiger partial charge in [-0.15, -0.1) is 0 Å². The maximum Gasteiger partial charge on any atom is 0.265 e. The average molecular weight is 404 g/mol. The summed E-state index contributed by atoms with van der Waals surface area (Å²) in [5, 5.41) is 9.60.